The predicted molar refractivity (Wildman–Crippen MR) is 57.4 cm³/mol. The van der Waals surface area contributed by atoms with E-state index in [1.807, 2.05) is 0 Å². The Balaban J connectivity index is 0.000000980. The Hall–Kier alpha value is -1.48. The Kier molecular flexibility index (Phi) is 3.54. The second-order valence-corrected chi connectivity index (χ2v) is 3.43. The van der Waals surface area contributed by atoms with E-state index in [4.69, 9.17) is 0 Å². The van der Waals surface area contributed by atoms with E-state index in [0.717, 1.165) is 13.2 Å². The van der Waals surface area contributed by atoms with Crippen molar-refractivity contribution in [2.24, 2.45) is 0 Å². The first kappa shape index (κ1) is 10.6. The van der Waals surface area contributed by atoms with Crippen LogP contribution < -0.4 is 0 Å². The van der Waals surface area contributed by atoms with Crippen LogP contribution in [0.5, 0.6) is 0 Å². The highest BCUT2D eigenvalue weighted by molar-refractivity contribution is 5.15. The van der Waals surface area contributed by atoms with Crippen LogP contribution in [0.4, 0.5) is 0 Å². The second kappa shape index (κ2) is 4.67. The third-order valence-corrected chi connectivity index (χ3v) is 2.17. The van der Waals surface area contributed by atoms with E-state index in [1.54, 1.807) is 0 Å². The normalized spacial score (nSPS) is 14.4. The topological polar surface area (TPSA) is 38.0 Å². The van der Waals surface area contributed by atoms with Gasteiger partial charge in [-0.25, -0.2) is 0 Å². The van der Waals surface area contributed by atoms with E-state index in [9.17, 15) is 0 Å². The van der Waals surface area contributed by atoms with Crippen molar-refractivity contribution in [1.29, 1.82) is 0 Å². The van der Waals surface area contributed by atoms with Gasteiger partial charge in [-0.1, -0.05) is 30.3 Å². The van der Waals surface area contributed by atoms with Gasteiger partial charge in [0.1, 0.15) is 0 Å². The SMILES string of the molecule is CN1C=CN(Cc2ccccc2)C1.O. The van der Waals surface area contributed by atoms with Crippen LogP contribution in [-0.2, 0) is 6.54 Å². The molecule has 0 aliphatic carbocycles. The van der Waals surface area contributed by atoms with E-state index in [-0.39, 0.29) is 5.48 Å². The number of benzene rings is 1. The molecule has 0 aromatic heterocycles. The lowest BCUT2D eigenvalue weighted by Gasteiger charge is -2.17. The molecule has 1 aromatic rings. The van der Waals surface area contributed by atoms with Gasteiger partial charge in [0.05, 0.1) is 6.67 Å². The molecule has 0 amide bonds. The molecule has 1 aliphatic rings. The quantitative estimate of drug-likeness (QED) is 0.702. The number of nitrogens with zero attached hydrogens (tertiary/aromatic N) is 2. The van der Waals surface area contributed by atoms with Crippen molar-refractivity contribution < 1.29 is 5.48 Å². The van der Waals surface area contributed by atoms with Crippen LogP contribution in [0, 0.1) is 0 Å². The molecule has 0 radical (unpaired) electrons. The average molecular weight is 192 g/mol. The van der Waals surface area contributed by atoms with E-state index < -0.39 is 0 Å². The van der Waals surface area contributed by atoms with Gasteiger partial charge >= 0.3 is 0 Å². The van der Waals surface area contributed by atoms with Gasteiger partial charge in [0.2, 0.25) is 0 Å². The largest absolute Gasteiger partial charge is 0.412 e. The molecule has 0 bridgehead atoms. The van der Waals surface area contributed by atoms with Crippen LogP contribution in [0.25, 0.3) is 0 Å². The van der Waals surface area contributed by atoms with Crippen molar-refractivity contribution in [1.82, 2.24) is 9.80 Å². The van der Waals surface area contributed by atoms with Crippen LogP contribution in [0.15, 0.2) is 42.7 Å². The van der Waals surface area contributed by atoms with E-state index >= 15 is 0 Å². The fraction of sp³-hybridized carbons (Fsp3) is 0.273. The molecule has 3 heteroatoms. The number of rotatable bonds is 2. The van der Waals surface area contributed by atoms with Gasteiger partial charge in [0.25, 0.3) is 0 Å². The summed E-state index contributed by atoms with van der Waals surface area (Å²) in [6.07, 6.45) is 4.23. The summed E-state index contributed by atoms with van der Waals surface area (Å²) in [5.41, 5.74) is 1.36. The summed E-state index contributed by atoms with van der Waals surface area (Å²) < 4.78 is 0. The predicted octanol–water partition coefficient (Wildman–Crippen LogP) is 1.04. The maximum absolute atomic E-state index is 2.29. The molecule has 76 valence electrons. The van der Waals surface area contributed by atoms with Gasteiger partial charge in [0.15, 0.2) is 0 Å². The smallest absolute Gasteiger partial charge is 0.0894 e. The number of hydrogen-bond acceptors (Lipinski definition) is 2. The van der Waals surface area contributed by atoms with Crippen molar-refractivity contribution in [3.05, 3.63) is 48.3 Å². The van der Waals surface area contributed by atoms with Gasteiger partial charge in [-0.05, 0) is 5.56 Å². The fourth-order valence-corrected chi connectivity index (χ4v) is 1.51. The van der Waals surface area contributed by atoms with Gasteiger partial charge in [-0.3, -0.25) is 0 Å². The highest BCUT2D eigenvalue weighted by Crippen LogP contribution is 2.09. The lowest BCUT2D eigenvalue weighted by Crippen LogP contribution is -2.21. The molecular weight excluding hydrogens is 176 g/mol. The van der Waals surface area contributed by atoms with Crippen LogP contribution in [0.3, 0.4) is 0 Å². The first-order chi connectivity index (χ1) is 6.34. The highest BCUT2D eigenvalue weighted by Gasteiger charge is 2.07. The molecule has 0 saturated heterocycles. The zero-order chi connectivity index (χ0) is 9.10. The summed E-state index contributed by atoms with van der Waals surface area (Å²) in [4.78, 5) is 4.46. The standard InChI is InChI=1S/C11H14N2.H2O/c1-12-7-8-13(10-12)9-11-5-3-2-4-6-11;/h2-8H,9-10H2,1H3;1H2. The Labute approximate surface area is 84.6 Å². The summed E-state index contributed by atoms with van der Waals surface area (Å²) in [5, 5.41) is 0. The van der Waals surface area contributed by atoms with Gasteiger partial charge in [0, 0.05) is 26.0 Å². The summed E-state index contributed by atoms with van der Waals surface area (Å²) in [6, 6.07) is 10.5. The minimum atomic E-state index is 0. The van der Waals surface area contributed by atoms with Crippen molar-refractivity contribution in [3.63, 3.8) is 0 Å². The van der Waals surface area contributed by atoms with Crippen LogP contribution in [-0.4, -0.2) is 29.0 Å². The molecule has 2 rings (SSSR count). The Bertz CT molecular complexity index is 297. The average Bonchev–Trinajstić information content (AvgIpc) is 2.53. The molecule has 0 saturated carbocycles. The maximum Gasteiger partial charge on any atom is 0.0894 e. The van der Waals surface area contributed by atoms with E-state index in [0.29, 0.717) is 0 Å². The molecule has 1 heterocycles. The Morgan fingerprint density at radius 3 is 2.43 bits per heavy atom. The summed E-state index contributed by atoms with van der Waals surface area (Å²) in [6.45, 7) is 2.00. The molecule has 0 atom stereocenters. The van der Waals surface area contributed by atoms with Gasteiger partial charge in [-0.2, -0.15) is 0 Å². The van der Waals surface area contributed by atoms with Gasteiger partial charge < -0.3 is 15.3 Å². The zero-order valence-corrected chi connectivity index (χ0v) is 8.35. The van der Waals surface area contributed by atoms with Crippen molar-refractivity contribution >= 4 is 0 Å². The van der Waals surface area contributed by atoms with E-state index in [2.05, 4.69) is 59.6 Å². The fourth-order valence-electron chi connectivity index (χ4n) is 1.51. The van der Waals surface area contributed by atoms with Crippen molar-refractivity contribution in [2.75, 3.05) is 13.7 Å². The minimum absolute atomic E-state index is 0. The first-order valence-corrected chi connectivity index (χ1v) is 4.51. The molecule has 0 unspecified atom stereocenters. The van der Waals surface area contributed by atoms with Gasteiger partial charge in [-0.15, -0.1) is 0 Å². The van der Waals surface area contributed by atoms with Crippen molar-refractivity contribution in [2.45, 2.75) is 6.54 Å². The zero-order valence-electron chi connectivity index (χ0n) is 8.35. The van der Waals surface area contributed by atoms with Crippen molar-refractivity contribution in [3.8, 4) is 0 Å². The first-order valence-electron chi connectivity index (χ1n) is 4.51. The second-order valence-electron chi connectivity index (χ2n) is 3.43. The van der Waals surface area contributed by atoms with E-state index in [1.165, 1.54) is 5.56 Å². The summed E-state index contributed by atoms with van der Waals surface area (Å²) in [5.74, 6) is 0. The summed E-state index contributed by atoms with van der Waals surface area (Å²) >= 11 is 0. The Morgan fingerprint density at radius 1 is 1.14 bits per heavy atom. The molecule has 0 spiro atoms. The lowest BCUT2D eigenvalue weighted by atomic mass is 10.2. The third kappa shape index (κ3) is 2.50. The molecule has 14 heavy (non-hydrogen) atoms. The summed E-state index contributed by atoms with van der Waals surface area (Å²) in [7, 11) is 2.08. The van der Waals surface area contributed by atoms with Crippen LogP contribution in [0.1, 0.15) is 5.56 Å². The number of hydrogen-bond donors (Lipinski definition) is 0. The molecule has 0 fully saturated rings. The lowest BCUT2D eigenvalue weighted by molar-refractivity contribution is 0.291. The van der Waals surface area contributed by atoms with Crippen LogP contribution >= 0.6 is 0 Å². The highest BCUT2D eigenvalue weighted by atomic mass is 16.0. The molecule has 1 aromatic carbocycles. The molecular formula is C11H16N2O. The monoisotopic (exact) mass is 192 g/mol. The molecule has 3 nitrogen and oxygen atoms in total. The third-order valence-electron chi connectivity index (χ3n) is 2.17. The van der Waals surface area contributed by atoms with Crippen LogP contribution in [0.2, 0.25) is 0 Å². The Morgan fingerprint density at radius 2 is 1.86 bits per heavy atom. The minimum Gasteiger partial charge on any atom is -0.412 e. The maximum atomic E-state index is 2.29. The molecule has 1 aliphatic heterocycles. The molecule has 2 N–H and O–H groups in total.